The van der Waals surface area contributed by atoms with Crippen LogP contribution in [0, 0.1) is 0 Å². The van der Waals surface area contributed by atoms with Crippen molar-refractivity contribution in [3.63, 3.8) is 0 Å². The Morgan fingerprint density at radius 3 is 2.60 bits per heavy atom. The first-order valence-electron chi connectivity index (χ1n) is 4.62. The van der Waals surface area contributed by atoms with Crippen LogP contribution >= 0.6 is 11.8 Å². The van der Waals surface area contributed by atoms with Crippen molar-refractivity contribution in [3.8, 4) is 5.75 Å². The quantitative estimate of drug-likeness (QED) is 0.802. The number of hydrogen-bond donors (Lipinski definition) is 1. The van der Waals surface area contributed by atoms with Gasteiger partial charge in [-0.3, -0.25) is 0 Å². The smallest absolute Gasteiger partial charge is 0.339 e. The van der Waals surface area contributed by atoms with Crippen molar-refractivity contribution < 1.29 is 14.6 Å². The van der Waals surface area contributed by atoms with Gasteiger partial charge in [-0.05, 0) is 30.4 Å². The van der Waals surface area contributed by atoms with Gasteiger partial charge in [-0.25, -0.2) is 4.79 Å². The van der Waals surface area contributed by atoms with Gasteiger partial charge >= 0.3 is 5.97 Å². The fraction of sp³-hybridized carbons (Fsp3) is 0.364. The molecule has 82 valence electrons. The van der Waals surface area contributed by atoms with Crippen LogP contribution < -0.4 is 4.74 Å². The lowest BCUT2D eigenvalue weighted by Gasteiger charge is -2.11. The van der Waals surface area contributed by atoms with Crippen molar-refractivity contribution in [2.24, 2.45) is 0 Å². The minimum absolute atomic E-state index is 0.237. The van der Waals surface area contributed by atoms with E-state index >= 15 is 0 Å². The lowest BCUT2D eigenvalue weighted by molar-refractivity contribution is 0.0693. The molecular weight excluding hydrogens is 212 g/mol. The highest BCUT2D eigenvalue weighted by Gasteiger charge is 2.15. The standard InChI is InChI=1S/C11H14O3S/c1-4-7-5-8(15-3)6-9(11(12)13)10(7)14-2/h5-6H,4H2,1-3H3,(H,12,13). The Bertz CT molecular complexity index is 374. The summed E-state index contributed by atoms with van der Waals surface area (Å²) in [6.07, 6.45) is 2.69. The molecule has 0 atom stereocenters. The van der Waals surface area contributed by atoms with E-state index in [-0.39, 0.29) is 5.56 Å². The maximum atomic E-state index is 11.0. The lowest BCUT2D eigenvalue weighted by atomic mass is 10.1. The molecule has 0 aliphatic rings. The van der Waals surface area contributed by atoms with E-state index in [0.717, 1.165) is 16.9 Å². The highest BCUT2D eigenvalue weighted by molar-refractivity contribution is 7.98. The number of hydrogen-bond acceptors (Lipinski definition) is 3. The molecule has 0 saturated carbocycles. The van der Waals surface area contributed by atoms with Crippen LogP contribution in [0.25, 0.3) is 0 Å². The van der Waals surface area contributed by atoms with Crippen molar-refractivity contribution in [2.75, 3.05) is 13.4 Å². The van der Waals surface area contributed by atoms with Gasteiger partial charge in [0, 0.05) is 4.90 Å². The molecule has 3 nitrogen and oxygen atoms in total. The van der Waals surface area contributed by atoms with E-state index in [0.29, 0.717) is 5.75 Å². The van der Waals surface area contributed by atoms with Gasteiger partial charge in [-0.15, -0.1) is 11.8 Å². The minimum Gasteiger partial charge on any atom is -0.496 e. The molecule has 0 aromatic heterocycles. The number of methoxy groups -OCH3 is 1. The average Bonchev–Trinajstić information content (AvgIpc) is 2.26. The summed E-state index contributed by atoms with van der Waals surface area (Å²) in [7, 11) is 1.50. The molecule has 0 amide bonds. The first kappa shape index (κ1) is 11.9. The van der Waals surface area contributed by atoms with E-state index in [1.807, 2.05) is 19.2 Å². The Kier molecular flexibility index (Phi) is 4.03. The molecule has 0 fully saturated rings. The summed E-state index contributed by atoms with van der Waals surface area (Å²) in [6.45, 7) is 1.98. The molecule has 0 spiro atoms. The van der Waals surface area contributed by atoms with E-state index < -0.39 is 5.97 Å². The molecule has 0 radical (unpaired) electrons. The Balaban J connectivity index is 3.39. The predicted molar refractivity (Wildman–Crippen MR) is 61.1 cm³/mol. The Hall–Kier alpha value is -1.16. The zero-order valence-electron chi connectivity index (χ0n) is 9.03. The maximum absolute atomic E-state index is 11.0. The Morgan fingerprint density at radius 2 is 2.20 bits per heavy atom. The summed E-state index contributed by atoms with van der Waals surface area (Å²) >= 11 is 1.53. The van der Waals surface area contributed by atoms with Crippen LogP contribution in [0.3, 0.4) is 0 Å². The highest BCUT2D eigenvalue weighted by Crippen LogP contribution is 2.30. The molecule has 1 aromatic carbocycles. The molecule has 4 heteroatoms. The summed E-state index contributed by atoms with van der Waals surface area (Å²) < 4.78 is 5.14. The van der Waals surface area contributed by atoms with Crippen molar-refractivity contribution >= 4 is 17.7 Å². The topological polar surface area (TPSA) is 46.5 Å². The fourth-order valence-electron chi connectivity index (χ4n) is 1.44. The van der Waals surface area contributed by atoms with Crippen LogP contribution in [0.2, 0.25) is 0 Å². The average molecular weight is 226 g/mol. The Labute approximate surface area is 93.4 Å². The van der Waals surface area contributed by atoms with Crippen LogP contribution in [-0.2, 0) is 6.42 Å². The predicted octanol–water partition coefficient (Wildman–Crippen LogP) is 2.68. The number of carbonyl (C=O) groups is 1. The third-order valence-corrected chi connectivity index (χ3v) is 2.90. The summed E-state index contributed by atoms with van der Waals surface area (Å²) in [5.74, 6) is -0.472. The van der Waals surface area contributed by atoms with Crippen molar-refractivity contribution in [3.05, 3.63) is 23.3 Å². The molecule has 1 N–H and O–H groups in total. The number of aromatic carboxylic acids is 1. The second-order valence-corrected chi connectivity index (χ2v) is 3.91. The number of rotatable bonds is 4. The van der Waals surface area contributed by atoms with Gasteiger partial charge in [-0.1, -0.05) is 6.92 Å². The molecule has 0 unspecified atom stereocenters. The van der Waals surface area contributed by atoms with Gasteiger partial charge in [0.15, 0.2) is 0 Å². The first-order chi connectivity index (χ1) is 7.13. The van der Waals surface area contributed by atoms with E-state index in [1.54, 1.807) is 6.07 Å². The number of aryl methyl sites for hydroxylation is 1. The molecule has 0 aliphatic carbocycles. The summed E-state index contributed by atoms with van der Waals surface area (Å²) in [6, 6.07) is 3.61. The number of carboxylic acid groups (broad SMARTS) is 1. The molecule has 15 heavy (non-hydrogen) atoms. The van der Waals surface area contributed by atoms with Crippen molar-refractivity contribution in [1.29, 1.82) is 0 Å². The van der Waals surface area contributed by atoms with E-state index in [4.69, 9.17) is 9.84 Å². The van der Waals surface area contributed by atoms with Crippen LogP contribution in [-0.4, -0.2) is 24.4 Å². The number of ether oxygens (including phenoxy) is 1. The lowest BCUT2D eigenvalue weighted by Crippen LogP contribution is -2.03. The summed E-state index contributed by atoms with van der Waals surface area (Å²) in [5, 5.41) is 9.05. The Morgan fingerprint density at radius 1 is 1.53 bits per heavy atom. The molecule has 0 heterocycles. The normalized spacial score (nSPS) is 10.1. The first-order valence-corrected chi connectivity index (χ1v) is 5.84. The van der Waals surface area contributed by atoms with E-state index in [1.165, 1.54) is 18.9 Å². The third kappa shape index (κ3) is 2.45. The highest BCUT2D eigenvalue weighted by atomic mass is 32.2. The van der Waals surface area contributed by atoms with E-state index in [2.05, 4.69) is 0 Å². The summed E-state index contributed by atoms with van der Waals surface area (Å²) in [4.78, 5) is 12.0. The molecular formula is C11H14O3S. The molecule has 0 bridgehead atoms. The second kappa shape index (κ2) is 5.07. The van der Waals surface area contributed by atoms with Crippen LogP contribution in [0.1, 0.15) is 22.8 Å². The second-order valence-electron chi connectivity index (χ2n) is 3.03. The molecule has 1 rings (SSSR count). The van der Waals surface area contributed by atoms with Gasteiger partial charge in [0.1, 0.15) is 11.3 Å². The van der Waals surface area contributed by atoms with Crippen molar-refractivity contribution in [1.82, 2.24) is 0 Å². The van der Waals surface area contributed by atoms with Crippen molar-refractivity contribution in [2.45, 2.75) is 18.2 Å². The number of thioether (sulfide) groups is 1. The number of benzene rings is 1. The van der Waals surface area contributed by atoms with Crippen LogP contribution in [0.4, 0.5) is 0 Å². The maximum Gasteiger partial charge on any atom is 0.339 e. The third-order valence-electron chi connectivity index (χ3n) is 2.19. The van der Waals surface area contributed by atoms with E-state index in [9.17, 15) is 4.79 Å². The van der Waals surface area contributed by atoms with Gasteiger partial charge < -0.3 is 9.84 Å². The molecule has 0 saturated heterocycles. The SMILES string of the molecule is CCc1cc(SC)cc(C(=O)O)c1OC. The molecule has 0 aliphatic heterocycles. The van der Waals surface area contributed by atoms with Gasteiger partial charge in [0.05, 0.1) is 7.11 Å². The van der Waals surface area contributed by atoms with Gasteiger partial charge in [0.2, 0.25) is 0 Å². The monoisotopic (exact) mass is 226 g/mol. The fourth-order valence-corrected chi connectivity index (χ4v) is 1.94. The van der Waals surface area contributed by atoms with Crippen LogP contribution in [0.5, 0.6) is 5.75 Å². The largest absolute Gasteiger partial charge is 0.496 e. The zero-order chi connectivity index (χ0) is 11.4. The summed E-state index contributed by atoms with van der Waals surface area (Å²) in [5.41, 5.74) is 1.17. The zero-order valence-corrected chi connectivity index (χ0v) is 9.85. The minimum atomic E-state index is -0.947. The van der Waals surface area contributed by atoms with Gasteiger partial charge in [0.25, 0.3) is 0 Å². The van der Waals surface area contributed by atoms with Gasteiger partial charge in [-0.2, -0.15) is 0 Å². The number of carboxylic acids is 1. The van der Waals surface area contributed by atoms with Crippen LogP contribution in [0.15, 0.2) is 17.0 Å². The molecule has 1 aromatic rings.